The third-order valence-corrected chi connectivity index (χ3v) is 3.79. The monoisotopic (exact) mass is 233 g/mol. The van der Waals surface area contributed by atoms with Gasteiger partial charge in [0.05, 0.1) is 6.10 Å². The Balaban J connectivity index is 1.72. The van der Waals surface area contributed by atoms with Gasteiger partial charge in [-0.3, -0.25) is 0 Å². The molecule has 1 fully saturated rings. The molecule has 0 radical (unpaired) electrons. The molecule has 17 heavy (non-hydrogen) atoms. The second-order valence-corrected chi connectivity index (χ2v) is 5.26. The molecule has 0 bridgehead atoms. The zero-order chi connectivity index (χ0) is 12.1. The van der Waals surface area contributed by atoms with Gasteiger partial charge in [-0.05, 0) is 37.8 Å². The summed E-state index contributed by atoms with van der Waals surface area (Å²) in [4.78, 5) is 2.35. The molecule has 0 saturated heterocycles. The maximum atomic E-state index is 9.80. The summed E-state index contributed by atoms with van der Waals surface area (Å²) < 4.78 is 0. The highest BCUT2D eigenvalue weighted by atomic mass is 16.3. The highest BCUT2D eigenvalue weighted by Crippen LogP contribution is 2.25. The first-order valence-electron chi connectivity index (χ1n) is 6.66. The first kappa shape index (κ1) is 12.6. The van der Waals surface area contributed by atoms with Gasteiger partial charge in [-0.2, -0.15) is 0 Å². The van der Waals surface area contributed by atoms with E-state index in [1.54, 1.807) is 0 Å². The van der Waals surface area contributed by atoms with Crippen LogP contribution in [0.4, 0.5) is 0 Å². The number of aliphatic hydroxyl groups is 1. The quantitative estimate of drug-likeness (QED) is 0.843. The number of aliphatic hydroxyl groups excluding tert-OH is 1. The van der Waals surface area contributed by atoms with E-state index in [4.69, 9.17) is 0 Å². The van der Waals surface area contributed by atoms with Gasteiger partial charge in [0.25, 0.3) is 0 Å². The Hall–Kier alpha value is -0.860. The lowest BCUT2D eigenvalue weighted by molar-refractivity contribution is 0.110. The van der Waals surface area contributed by atoms with Crippen molar-refractivity contribution in [2.45, 2.75) is 31.8 Å². The van der Waals surface area contributed by atoms with Crippen molar-refractivity contribution < 1.29 is 5.11 Å². The van der Waals surface area contributed by atoms with Gasteiger partial charge in [0.1, 0.15) is 0 Å². The van der Waals surface area contributed by atoms with Crippen LogP contribution in [-0.2, 0) is 6.42 Å². The van der Waals surface area contributed by atoms with E-state index in [9.17, 15) is 5.11 Å². The van der Waals surface area contributed by atoms with E-state index in [0.29, 0.717) is 5.92 Å². The smallest absolute Gasteiger partial charge is 0.0580 e. The number of hydrogen-bond acceptors (Lipinski definition) is 2. The van der Waals surface area contributed by atoms with Gasteiger partial charge in [-0.1, -0.05) is 36.8 Å². The lowest BCUT2D eigenvalue weighted by atomic mass is 10.1. The highest BCUT2D eigenvalue weighted by Gasteiger charge is 2.25. The van der Waals surface area contributed by atoms with Crippen molar-refractivity contribution in [2.75, 3.05) is 20.1 Å². The molecule has 2 rings (SSSR count). The topological polar surface area (TPSA) is 23.5 Å². The largest absolute Gasteiger partial charge is 0.393 e. The maximum Gasteiger partial charge on any atom is 0.0580 e. The second kappa shape index (κ2) is 6.18. The Morgan fingerprint density at radius 3 is 2.65 bits per heavy atom. The van der Waals surface area contributed by atoms with Crippen LogP contribution in [-0.4, -0.2) is 36.2 Å². The summed E-state index contributed by atoms with van der Waals surface area (Å²) in [6, 6.07) is 10.6. The van der Waals surface area contributed by atoms with Crippen molar-refractivity contribution in [1.82, 2.24) is 4.90 Å². The molecule has 94 valence electrons. The zero-order valence-electron chi connectivity index (χ0n) is 10.7. The zero-order valence-corrected chi connectivity index (χ0v) is 10.7. The van der Waals surface area contributed by atoms with Crippen molar-refractivity contribution in [3.63, 3.8) is 0 Å². The number of likely N-dealkylation sites (N-methyl/N-ethyl adjacent to an activating group) is 1. The number of nitrogens with zero attached hydrogens (tertiary/aromatic N) is 1. The van der Waals surface area contributed by atoms with Crippen molar-refractivity contribution in [1.29, 1.82) is 0 Å². The fraction of sp³-hybridized carbons (Fsp3) is 0.600. The third-order valence-electron chi connectivity index (χ3n) is 3.79. The SMILES string of the molecule is CN(CCc1ccccc1)CC1CCCC1O. The van der Waals surface area contributed by atoms with Crippen molar-refractivity contribution >= 4 is 0 Å². The van der Waals surface area contributed by atoms with Gasteiger partial charge >= 0.3 is 0 Å². The Kier molecular flexibility index (Phi) is 4.57. The molecule has 2 heteroatoms. The van der Waals surface area contributed by atoms with Crippen LogP contribution in [0.15, 0.2) is 30.3 Å². The van der Waals surface area contributed by atoms with E-state index in [1.165, 1.54) is 18.4 Å². The molecule has 0 aromatic heterocycles. The average molecular weight is 233 g/mol. The number of benzene rings is 1. The average Bonchev–Trinajstić information content (AvgIpc) is 2.74. The van der Waals surface area contributed by atoms with Crippen LogP contribution in [0.3, 0.4) is 0 Å². The molecule has 1 N–H and O–H groups in total. The van der Waals surface area contributed by atoms with E-state index in [-0.39, 0.29) is 6.10 Å². The minimum absolute atomic E-state index is 0.0609. The Morgan fingerprint density at radius 2 is 2.00 bits per heavy atom. The van der Waals surface area contributed by atoms with Crippen molar-refractivity contribution in [3.05, 3.63) is 35.9 Å². The Morgan fingerprint density at radius 1 is 1.24 bits per heavy atom. The molecular formula is C15H23NO. The molecule has 2 atom stereocenters. The summed E-state index contributed by atoms with van der Waals surface area (Å²) in [6.45, 7) is 2.11. The predicted octanol–water partition coefficient (Wildman–Crippen LogP) is 2.32. The maximum absolute atomic E-state index is 9.80. The van der Waals surface area contributed by atoms with Gasteiger partial charge in [-0.25, -0.2) is 0 Å². The molecule has 0 aliphatic heterocycles. The van der Waals surface area contributed by atoms with Crippen molar-refractivity contribution in [3.8, 4) is 0 Å². The lowest BCUT2D eigenvalue weighted by Gasteiger charge is -2.23. The van der Waals surface area contributed by atoms with Crippen LogP contribution in [0.2, 0.25) is 0 Å². The minimum Gasteiger partial charge on any atom is -0.393 e. The normalized spacial score (nSPS) is 24.4. The fourth-order valence-electron chi connectivity index (χ4n) is 2.69. The Bertz CT molecular complexity index is 325. The first-order valence-corrected chi connectivity index (χ1v) is 6.66. The van der Waals surface area contributed by atoms with Crippen LogP contribution in [0.5, 0.6) is 0 Å². The van der Waals surface area contributed by atoms with E-state index >= 15 is 0 Å². The van der Waals surface area contributed by atoms with E-state index in [1.807, 2.05) is 0 Å². The molecule has 0 heterocycles. The third kappa shape index (κ3) is 3.83. The summed E-state index contributed by atoms with van der Waals surface area (Å²) >= 11 is 0. The summed E-state index contributed by atoms with van der Waals surface area (Å²) in [5.41, 5.74) is 1.39. The second-order valence-electron chi connectivity index (χ2n) is 5.26. The summed E-state index contributed by atoms with van der Waals surface area (Å²) in [5.74, 6) is 0.496. The lowest BCUT2D eigenvalue weighted by Crippen LogP contribution is -2.31. The molecule has 1 aromatic carbocycles. The van der Waals surface area contributed by atoms with Crippen LogP contribution < -0.4 is 0 Å². The van der Waals surface area contributed by atoms with Gasteiger partial charge in [-0.15, -0.1) is 0 Å². The van der Waals surface area contributed by atoms with Crippen molar-refractivity contribution in [2.24, 2.45) is 5.92 Å². The van der Waals surface area contributed by atoms with E-state index < -0.39 is 0 Å². The number of rotatable bonds is 5. The van der Waals surface area contributed by atoms with Gasteiger partial charge in [0.15, 0.2) is 0 Å². The van der Waals surface area contributed by atoms with Gasteiger partial charge in [0.2, 0.25) is 0 Å². The van der Waals surface area contributed by atoms with Gasteiger partial charge in [0, 0.05) is 13.1 Å². The standard InChI is InChI=1S/C15H23NO/c1-16(12-14-8-5-9-15(14)17)11-10-13-6-3-2-4-7-13/h2-4,6-7,14-15,17H,5,8-12H2,1H3. The molecule has 1 aromatic rings. The molecular weight excluding hydrogens is 210 g/mol. The highest BCUT2D eigenvalue weighted by molar-refractivity contribution is 5.14. The molecule has 1 aliphatic rings. The fourth-order valence-corrected chi connectivity index (χ4v) is 2.69. The van der Waals surface area contributed by atoms with Gasteiger partial charge < -0.3 is 10.0 Å². The summed E-state index contributed by atoms with van der Waals surface area (Å²) in [5, 5.41) is 9.80. The van der Waals surface area contributed by atoms with Crippen LogP contribution in [0.1, 0.15) is 24.8 Å². The van der Waals surface area contributed by atoms with Crippen LogP contribution in [0, 0.1) is 5.92 Å². The predicted molar refractivity (Wildman–Crippen MR) is 71.0 cm³/mol. The number of hydrogen-bond donors (Lipinski definition) is 1. The molecule has 1 saturated carbocycles. The minimum atomic E-state index is -0.0609. The summed E-state index contributed by atoms with van der Waals surface area (Å²) in [7, 11) is 2.16. The molecule has 2 unspecified atom stereocenters. The molecule has 0 spiro atoms. The molecule has 1 aliphatic carbocycles. The first-order chi connectivity index (χ1) is 8.25. The Labute approximate surface area is 104 Å². The molecule has 0 amide bonds. The van der Waals surface area contributed by atoms with E-state index in [2.05, 4.69) is 42.3 Å². The van der Waals surface area contributed by atoms with Crippen LogP contribution >= 0.6 is 0 Å². The van der Waals surface area contributed by atoms with E-state index in [0.717, 1.165) is 25.9 Å². The molecule has 2 nitrogen and oxygen atoms in total. The van der Waals surface area contributed by atoms with Crippen LogP contribution in [0.25, 0.3) is 0 Å². The summed E-state index contributed by atoms with van der Waals surface area (Å²) in [6.07, 6.45) is 4.42.